The van der Waals surface area contributed by atoms with Crippen molar-refractivity contribution in [2.75, 3.05) is 26.4 Å². The number of carbonyl (C=O) groups excluding carboxylic acids is 2. The molecule has 51 heavy (non-hydrogen) atoms. The summed E-state index contributed by atoms with van der Waals surface area (Å²) < 4.78 is 28.5. The highest BCUT2D eigenvalue weighted by Crippen LogP contribution is 2.52. The van der Waals surface area contributed by atoms with Gasteiger partial charge in [-0.25, -0.2) is 0 Å². The number of aliphatic carboxylic acids is 1. The number of benzene rings is 2. The van der Waals surface area contributed by atoms with Crippen LogP contribution in [0.1, 0.15) is 113 Å². The molecule has 9 heteroatoms. The van der Waals surface area contributed by atoms with Gasteiger partial charge in [-0.15, -0.1) is 0 Å². The van der Waals surface area contributed by atoms with Crippen molar-refractivity contribution in [3.05, 3.63) is 70.8 Å². The normalized spacial score (nSPS) is 16.5. The minimum atomic E-state index is -0.777. The number of ether oxygens (including phenoxy) is 5. The molecule has 0 aromatic heterocycles. The fourth-order valence-corrected chi connectivity index (χ4v) is 7.10. The monoisotopic (exact) mass is 706 g/mol. The lowest BCUT2D eigenvalue weighted by Crippen LogP contribution is -2.31. The third-order valence-electron chi connectivity index (χ3n) is 9.31. The highest BCUT2D eigenvalue weighted by atomic mass is 16.5. The third-order valence-corrected chi connectivity index (χ3v) is 9.31. The van der Waals surface area contributed by atoms with Crippen LogP contribution in [0.15, 0.2) is 59.7 Å². The average molecular weight is 707 g/mol. The van der Waals surface area contributed by atoms with Gasteiger partial charge in [0.1, 0.15) is 23.0 Å². The van der Waals surface area contributed by atoms with Gasteiger partial charge in [0.05, 0.1) is 19.8 Å². The topological polar surface area (TPSA) is 118 Å². The number of carboxylic acids is 1. The van der Waals surface area contributed by atoms with E-state index in [0.29, 0.717) is 44.3 Å². The van der Waals surface area contributed by atoms with Gasteiger partial charge in [0.2, 0.25) is 0 Å². The SMILES string of the molecule is CC(=O)Oc1cccc(C2=C(C(C)(C)COCCCCC(=O)O)C(C)(C)CO2)c1.CCC(C)(C)C1=C(c2cccc(OC(C)=O)c2)OCC1(C)C. The molecule has 0 spiro atoms. The van der Waals surface area contributed by atoms with Crippen LogP contribution in [0, 0.1) is 21.7 Å². The van der Waals surface area contributed by atoms with Gasteiger partial charge in [0.15, 0.2) is 0 Å². The second-order valence-corrected chi connectivity index (χ2v) is 16.0. The molecule has 0 saturated carbocycles. The Bertz CT molecular complexity index is 1620. The number of rotatable bonds is 14. The number of esters is 2. The van der Waals surface area contributed by atoms with Crippen LogP contribution in [0.4, 0.5) is 0 Å². The predicted molar refractivity (Wildman–Crippen MR) is 199 cm³/mol. The Kier molecular flexibility index (Phi) is 13.7. The summed E-state index contributed by atoms with van der Waals surface area (Å²) in [5.74, 6) is 1.34. The Hall–Kier alpha value is -4.11. The van der Waals surface area contributed by atoms with E-state index in [9.17, 15) is 14.4 Å². The summed E-state index contributed by atoms with van der Waals surface area (Å²) in [6.45, 7) is 24.8. The van der Waals surface area contributed by atoms with Gasteiger partial charge in [0.25, 0.3) is 0 Å². The fourth-order valence-electron chi connectivity index (χ4n) is 7.10. The van der Waals surface area contributed by atoms with Crippen molar-refractivity contribution >= 4 is 29.4 Å². The molecule has 2 aromatic rings. The lowest BCUT2D eigenvalue weighted by molar-refractivity contribution is -0.137. The molecule has 2 aromatic carbocycles. The maximum Gasteiger partial charge on any atom is 0.308 e. The number of unbranched alkanes of at least 4 members (excludes halogenated alkanes) is 1. The Morgan fingerprint density at radius 3 is 1.61 bits per heavy atom. The summed E-state index contributed by atoms with van der Waals surface area (Å²) in [5, 5.41) is 8.72. The Balaban J connectivity index is 0.000000286. The number of carbonyl (C=O) groups is 3. The minimum absolute atomic E-state index is 0.00623. The van der Waals surface area contributed by atoms with E-state index in [2.05, 4.69) is 62.3 Å². The largest absolute Gasteiger partial charge is 0.492 e. The van der Waals surface area contributed by atoms with Crippen LogP contribution < -0.4 is 9.47 Å². The fraction of sp³-hybridized carbons (Fsp3) is 0.548. The number of carboxylic acid groups (broad SMARTS) is 1. The van der Waals surface area contributed by atoms with E-state index >= 15 is 0 Å². The summed E-state index contributed by atoms with van der Waals surface area (Å²) in [6.07, 6.45) is 2.55. The average Bonchev–Trinajstić information content (AvgIpc) is 3.54. The molecular formula is C42H58O9. The summed E-state index contributed by atoms with van der Waals surface area (Å²) in [6, 6.07) is 14.9. The highest BCUT2D eigenvalue weighted by Gasteiger charge is 2.44. The molecule has 0 atom stereocenters. The van der Waals surface area contributed by atoms with Crippen molar-refractivity contribution in [2.24, 2.45) is 21.7 Å². The molecule has 2 aliphatic heterocycles. The summed E-state index contributed by atoms with van der Waals surface area (Å²) in [4.78, 5) is 33.0. The number of hydrogen-bond donors (Lipinski definition) is 1. The van der Waals surface area contributed by atoms with Crippen LogP contribution in [0.25, 0.3) is 11.5 Å². The lowest BCUT2D eigenvalue weighted by Gasteiger charge is -2.34. The molecule has 0 fully saturated rings. The molecule has 0 aliphatic carbocycles. The predicted octanol–water partition coefficient (Wildman–Crippen LogP) is 9.49. The van der Waals surface area contributed by atoms with Crippen molar-refractivity contribution in [2.45, 2.75) is 102 Å². The van der Waals surface area contributed by atoms with E-state index in [0.717, 1.165) is 41.1 Å². The Labute approximate surface area is 304 Å². The van der Waals surface area contributed by atoms with Gasteiger partial charge >= 0.3 is 17.9 Å². The third kappa shape index (κ3) is 11.2. The minimum Gasteiger partial charge on any atom is -0.492 e. The smallest absolute Gasteiger partial charge is 0.308 e. The molecule has 280 valence electrons. The first-order valence-electron chi connectivity index (χ1n) is 17.8. The van der Waals surface area contributed by atoms with Crippen molar-refractivity contribution in [3.63, 3.8) is 0 Å². The van der Waals surface area contributed by atoms with Crippen molar-refractivity contribution in [1.82, 2.24) is 0 Å². The van der Waals surface area contributed by atoms with E-state index in [1.165, 1.54) is 19.4 Å². The van der Waals surface area contributed by atoms with E-state index in [1.807, 2.05) is 36.4 Å². The standard InChI is InChI=1S/C23H32O6.C19H26O3/c1-16(24)29-18-10-8-9-17(13-18)20-21(23(4,5)15-28-20)22(2,3)14-27-12-7-6-11-19(25)26;1-7-18(3,4)17-16(21-12-19(17,5)6)14-9-8-10-15(11-14)22-13(2)20/h8-10,13H,6-7,11-12,14-15H2,1-5H3,(H,25,26);8-11H,7,12H2,1-6H3. The zero-order valence-corrected chi connectivity index (χ0v) is 32.5. The molecule has 0 unspecified atom stereocenters. The molecule has 4 rings (SSSR count). The molecule has 2 aliphatic rings. The van der Waals surface area contributed by atoms with Crippen LogP contribution >= 0.6 is 0 Å². The molecule has 2 heterocycles. The summed E-state index contributed by atoms with van der Waals surface area (Å²) >= 11 is 0. The van der Waals surface area contributed by atoms with Gasteiger partial charge in [-0.05, 0) is 60.1 Å². The van der Waals surface area contributed by atoms with Crippen molar-refractivity contribution < 1.29 is 43.2 Å². The van der Waals surface area contributed by atoms with E-state index in [1.54, 1.807) is 12.1 Å². The van der Waals surface area contributed by atoms with Crippen LogP contribution in [0.3, 0.4) is 0 Å². The quantitative estimate of drug-likeness (QED) is 0.116. The maximum atomic E-state index is 11.3. The molecule has 0 amide bonds. The first-order valence-corrected chi connectivity index (χ1v) is 17.8. The molecular weight excluding hydrogens is 648 g/mol. The van der Waals surface area contributed by atoms with E-state index < -0.39 is 5.97 Å². The van der Waals surface area contributed by atoms with Crippen molar-refractivity contribution in [1.29, 1.82) is 0 Å². The van der Waals surface area contributed by atoms with Crippen molar-refractivity contribution in [3.8, 4) is 11.5 Å². The molecule has 0 radical (unpaired) electrons. The van der Waals surface area contributed by atoms with Crippen LogP contribution in [-0.2, 0) is 28.6 Å². The van der Waals surface area contributed by atoms with Crippen LogP contribution in [0.2, 0.25) is 0 Å². The van der Waals surface area contributed by atoms with Crippen LogP contribution in [-0.4, -0.2) is 49.4 Å². The lowest BCUT2D eigenvalue weighted by atomic mass is 9.69. The molecule has 9 nitrogen and oxygen atoms in total. The number of hydrogen-bond acceptors (Lipinski definition) is 8. The second-order valence-electron chi connectivity index (χ2n) is 16.0. The van der Waals surface area contributed by atoms with Gasteiger partial charge in [-0.1, -0.05) is 86.6 Å². The maximum absolute atomic E-state index is 11.3. The summed E-state index contributed by atoms with van der Waals surface area (Å²) in [7, 11) is 0. The van der Waals surface area contributed by atoms with Gasteiger partial charge < -0.3 is 28.8 Å². The first kappa shape index (κ1) is 41.3. The van der Waals surface area contributed by atoms with Gasteiger partial charge in [0, 0.05) is 54.2 Å². The molecule has 1 N–H and O–H groups in total. The summed E-state index contributed by atoms with van der Waals surface area (Å²) in [5.41, 5.74) is 3.97. The zero-order valence-electron chi connectivity index (χ0n) is 32.5. The highest BCUT2D eigenvalue weighted by molar-refractivity contribution is 5.73. The van der Waals surface area contributed by atoms with Gasteiger partial charge in [-0.2, -0.15) is 0 Å². The molecule has 0 saturated heterocycles. The van der Waals surface area contributed by atoms with Gasteiger partial charge in [-0.3, -0.25) is 14.4 Å². The van der Waals surface area contributed by atoms with E-state index in [-0.39, 0.29) is 40.0 Å². The second kappa shape index (κ2) is 16.9. The van der Waals surface area contributed by atoms with Crippen LogP contribution in [0.5, 0.6) is 11.5 Å². The Morgan fingerprint density at radius 1 is 0.745 bits per heavy atom. The molecule has 0 bridgehead atoms. The Morgan fingerprint density at radius 2 is 1.20 bits per heavy atom. The zero-order chi connectivity index (χ0) is 38.2. The van der Waals surface area contributed by atoms with E-state index in [4.69, 9.17) is 28.8 Å². The first-order chi connectivity index (χ1) is 23.7.